The Bertz CT molecular complexity index is 1230. The van der Waals surface area contributed by atoms with Crippen LogP contribution in [0.1, 0.15) is 73.1 Å². The van der Waals surface area contributed by atoms with Gasteiger partial charge >= 0.3 is 18.0 Å². The third-order valence-electron chi connectivity index (χ3n) is 5.46. The fourth-order valence-corrected chi connectivity index (χ4v) is 4.90. The fourth-order valence-electron chi connectivity index (χ4n) is 3.21. The van der Waals surface area contributed by atoms with Gasteiger partial charge in [0.2, 0.25) is 5.91 Å². The van der Waals surface area contributed by atoms with Gasteiger partial charge in [-0.1, -0.05) is 71.2 Å². The molecule has 0 aromatic heterocycles. The predicted molar refractivity (Wildman–Crippen MR) is 148 cm³/mol. The summed E-state index contributed by atoms with van der Waals surface area (Å²) in [6.45, 7) is 15.0. The van der Waals surface area contributed by atoms with Crippen LogP contribution in [0.15, 0.2) is 41.3 Å². The van der Waals surface area contributed by atoms with E-state index < -0.39 is 56.2 Å². The average Bonchev–Trinajstić information content (AvgIpc) is 2.86. The van der Waals surface area contributed by atoms with Gasteiger partial charge in [-0.3, -0.25) is 4.79 Å². The zero-order valence-corrected chi connectivity index (χ0v) is 24.7. The Hall–Kier alpha value is -3.18. The van der Waals surface area contributed by atoms with Gasteiger partial charge in [-0.25, -0.2) is 22.8 Å². The molecule has 0 radical (unpaired) electrons. The third kappa shape index (κ3) is 9.21. The monoisotopic (exact) mass is 584 g/mol. The highest BCUT2D eigenvalue weighted by molar-refractivity contribution is 7.90. The van der Waals surface area contributed by atoms with Crippen molar-refractivity contribution in [3.05, 3.63) is 41.5 Å². The van der Waals surface area contributed by atoms with Crippen molar-refractivity contribution in [2.75, 3.05) is 6.54 Å². The van der Waals surface area contributed by atoms with Gasteiger partial charge in [-0.2, -0.15) is 4.31 Å². The molecule has 12 heteroatoms. The van der Waals surface area contributed by atoms with Crippen molar-refractivity contribution in [1.29, 1.82) is 0 Å². The zero-order valence-electron chi connectivity index (χ0n) is 23.1. The normalized spacial score (nSPS) is 11.7. The van der Waals surface area contributed by atoms with E-state index in [0.29, 0.717) is 19.3 Å². The first kappa shape index (κ1) is 33.8. The van der Waals surface area contributed by atoms with Crippen molar-refractivity contribution >= 4 is 45.5 Å². The second-order valence-corrected chi connectivity index (χ2v) is 11.3. The number of benzene rings is 1. The van der Waals surface area contributed by atoms with Crippen molar-refractivity contribution in [2.45, 2.75) is 78.0 Å². The lowest BCUT2D eigenvalue weighted by atomic mass is 10.0. The number of rotatable bonds is 14. The van der Waals surface area contributed by atoms with Crippen LogP contribution in [0.25, 0.3) is 0 Å². The molecule has 0 aliphatic carbocycles. The van der Waals surface area contributed by atoms with E-state index in [4.69, 9.17) is 21.1 Å². The van der Waals surface area contributed by atoms with Crippen LogP contribution in [0.3, 0.4) is 0 Å². The van der Waals surface area contributed by atoms with E-state index in [0.717, 1.165) is 31.4 Å². The molecule has 10 nitrogen and oxygen atoms in total. The number of nitrogens with one attached hydrogen (secondary N) is 1. The standard InChI is InChI=1S/C27H37ClN2O8S/c1-8-10-11-12-13-19(7)24(31)30(27(34)29-16-9-2)39(35,36)21-15-14-20(28)22(37-25(32)17(3)4)23(21)38-26(33)18(5)6/h14-15,19H,3,5,8-13,16H2,1-2,4,6-7H3,(H,29,34). The quantitative estimate of drug-likeness (QED) is 0.130. The number of amides is 3. The Morgan fingerprint density at radius 3 is 2.03 bits per heavy atom. The second-order valence-electron chi connectivity index (χ2n) is 9.13. The van der Waals surface area contributed by atoms with Crippen LogP contribution in [0.5, 0.6) is 11.5 Å². The van der Waals surface area contributed by atoms with E-state index in [-0.39, 0.29) is 27.0 Å². The predicted octanol–water partition coefficient (Wildman–Crippen LogP) is 5.55. The summed E-state index contributed by atoms with van der Waals surface area (Å²) in [5.41, 5.74) is -0.158. The number of esters is 2. The molecule has 3 amide bonds. The molecule has 0 bridgehead atoms. The van der Waals surface area contributed by atoms with Gasteiger partial charge in [0.25, 0.3) is 10.0 Å². The maximum Gasteiger partial charge on any atom is 0.338 e. The molecule has 1 atom stereocenters. The van der Waals surface area contributed by atoms with Crippen molar-refractivity contribution in [1.82, 2.24) is 9.62 Å². The number of urea groups is 1. The van der Waals surface area contributed by atoms with E-state index in [1.54, 1.807) is 6.92 Å². The minimum atomic E-state index is -5.02. The summed E-state index contributed by atoms with van der Waals surface area (Å²) >= 11 is 6.19. The Morgan fingerprint density at radius 2 is 1.51 bits per heavy atom. The summed E-state index contributed by atoms with van der Waals surface area (Å²) in [6, 6.07) is 0.861. The molecule has 1 aromatic carbocycles. The number of carbonyl (C=O) groups is 4. The largest absolute Gasteiger partial charge is 0.418 e. The van der Waals surface area contributed by atoms with Gasteiger partial charge in [0, 0.05) is 23.6 Å². The summed E-state index contributed by atoms with van der Waals surface area (Å²) in [6.07, 6.45) is 4.26. The van der Waals surface area contributed by atoms with Gasteiger partial charge < -0.3 is 14.8 Å². The molecule has 1 unspecified atom stereocenters. The summed E-state index contributed by atoms with van der Waals surface area (Å²) in [5, 5.41) is 2.14. The molecule has 1 aromatic rings. The van der Waals surface area contributed by atoms with Gasteiger partial charge in [-0.15, -0.1) is 0 Å². The van der Waals surface area contributed by atoms with Crippen LogP contribution in [0.2, 0.25) is 5.02 Å². The van der Waals surface area contributed by atoms with E-state index in [9.17, 15) is 27.6 Å². The number of hydrogen-bond acceptors (Lipinski definition) is 8. The molecular weight excluding hydrogens is 548 g/mol. The van der Waals surface area contributed by atoms with Crippen LogP contribution in [0, 0.1) is 5.92 Å². The average molecular weight is 585 g/mol. The zero-order chi connectivity index (χ0) is 29.9. The molecule has 0 aliphatic heterocycles. The maximum atomic E-state index is 13.9. The first-order chi connectivity index (χ1) is 18.2. The van der Waals surface area contributed by atoms with Crippen molar-refractivity contribution in [3.63, 3.8) is 0 Å². The molecule has 1 N–H and O–H groups in total. The lowest BCUT2D eigenvalue weighted by molar-refractivity contribution is -0.132. The molecule has 0 fully saturated rings. The van der Waals surface area contributed by atoms with Gasteiger partial charge in [-0.05, 0) is 38.8 Å². The highest BCUT2D eigenvalue weighted by Crippen LogP contribution is 2.42. The summed E-state index contributed by atoms with van der Waals surface area (Å²) in [7, 11) is -5.02. The SMILES string of the molecule is C=C(C)C(=O)Oc1c(Cl)ccc(S(=O)(=O)N(C(=O)NCCC)C(=O)C(C)CCCCCC)c1OC(=O)C(=C)C. The first-order valence-electron chi connectivity index (χ1n) is 12.6. The molecular formula is C27H37ClN2O8S. The summed E-state index contributed by atoms with van der Waals surface area (Å²) < 4.78 is 38.5. The van der Waals surface area contributed by atoms with Crippen LogP contribution < -0.4 is 14.8 Å². The Morgan fingerprint density at radius 1 is 0.949 bits per heavy atom. The highest BCUT2D eigenvalue weighted by Gasteiger charge is 2.41. The second kappa shape index (κ2) is 15.4. The number of halogens is 1. The minimum absolute atomic E-state index is 0.0517. The van der Waals surface area contributed by atoms with Gasteiger partial charge in [0.15, 0.2) is 11.5 Å². The van der Waals surface area contributed by atoms with Crippen LogP contribution in [-0.4, -0.2) is 43.1 Å². The summed E-state index contributed by atoms with van der Waals surface area (Å²) in [4.78, 5) is 50.5. The Kier molecular flexibility index (Phi) is 13.4. The van der Waals surface area contributed by atoms with E-state index in [1.165, 1.54) is 20.8 Å². The molecule has 0 spiro atoms. The minimum Gasteiger partial charge on any atom is -0.418 e. The number of unbranched alkanes of at least 4 members (excludes halogenated alkanes) is 3. The van der Waals surface area contributed by atoms with Crippen molar-refractivity contribution in [3.8, 4) is 11.5 Å². The van der Waals surface area contributed by atoms with Gasteiger partial charge in [0.1, 0.15) is 4.90 Å². The lowest BCUT2D eigenvalue weighted by Gasteiger charge is -2.25. The van der Waals surface area contributed by atoms with E-state index in [1.807, 2.05) is 6.92 Å². The summed E-state index contributed by atoms with van der Waals surface area (Å²) in [5.74, 6) is -5.20. The van der Waals surface area contributed by atoms with Crippen molar-refractivity contribution < 1.29 is 37.1 Å². The number of carbonyl (C=O) groups excluding carboxylic acids is 4. The topological polar surface area (TPSA) is 136 Å². The molecule has 216 valence electrons. The van der Waals surface area contributed by atoms with Gasteiger partial charge in [0.05, 0.1) is 5.02 Å². The fraction of sp³-hybridized carbons (Fsp3) is 0.481. The molecule has 1 rings (SSSR count). The smallest absolute Gasteiger partial charge is 0.338 e. The molecule has 0 saturated carbocycles. The van der Waals surface area contributed by atoms with Crippen LogP contribution >= 0.6 is 11.6 Å². The van der Waals surface area contributed by atoms with Crippen LogP contribution in [-0.2, 0) is 24.4 Å². The number of ether oxygens (including phenoxy) is 2. The Balaban J connectivity index is 3.78. The maximum absolute atomic E-state index is 13.9. The number of sulfonamides is 1. The molecule has 39 heavy (non-hydrogen) atoms. The first-order valence-corrected chi connectivity index (χ1v) is 14.5. The molecule has 0 heterocycles. The Labute approximate surface area is 235 Å². The van der Waals surface area contributed by atoms with Crippen molar-refractivity contribution in [2.24, 2.45) is 5.92 Å². The molecule has 0 saturated heterocycles. The molecule has 0 aliphatic rings. The van der Waals surface area contributed by atoms with E-state index >= 15 is 0 Å². The van der Waals surface area contributed by atoms with E-state index in [2.05, 4.69) is 18.5 Å². The number of hydrogen-bond donors (Lipinski definition) is 1. The highest BCUT2D eigenvalue weighted by atomic mass is 35.5. The third-order valence-corrected chi connectivity index (χ3v) is 7.46. The number of nitrogens with zero attached hydrogens (tertiary/aromatic N) is 1. The van der Waals surface area contributed by atoms with Crippen LogP contribution in [0.4, 0.5) is 4.79 Å². The lowest BCUT2D eigenvalue weighted by Crippen LogP contribution is -2.49. The number of imide groups is 1.